The first-order chi connectivity index (χ1) is 13.1. The van der Waals surface area contributed by atoms with Crippen molar-refractivity contribution < 1.29 is 23.8 Å². The maximum atomic E-state index is 12.2. The average molecular weight is 379 g/mol. The number of nitrogens with one attached hydrogen (secondary N) is 2. The molecule has 2 amide bonds. The molecule has 1 aliphatic rings. The standard InChI is InChI=1S/C19H29N3O5/c1-25-13-19(24)22-9-8-20-15(12-22)11-18(23)21-7-6-14-4-5-16(26-2)17(10-14)27-3/h4-5,10,15,20H,6-9,11-13H2,1-3H3,(H,21,23). The molecule has 1 saturated heterocycles. The summed E-state index contributed by atoms with van der Waals surface area (Å²) in [5.74, 6) is 1.28. The molecule has 0 bridgehead atoms. The number of amides is 2. The number of carbonyl (C=O) groups excluding carboxylic acids is 2. The lowest BCUT2D eigenvalue weighted by atomic mass is 10.1. The second-order valence-electron chi connectivity index (χ2n) is 6.42. The van der Waals surface area contributed by atoms with Gasteiger partial charge in [-0.15, -0.1) is 0 Å². The summed E-state index contributed by atoms with van der Waals surface area (Å²) in [5, 5.41) is 6.22. The highest BCUT2D eigenvalue weighted by atomic mass is 16.5. The molecular formula is C19H29N3O5. The second kappa shape index (κ2) is 10.7. The fourth-order valence-electron chi connectivity index (χ4n) is 3.08. The van der Waals surface area contributed by atoms with E-state index in [-0.39, 0.29) is 24.5 Å². The highest BCUT2D eigenvalue weighted by Gasteiger charge is 2.24. The zero-order valence-electron chi connectivity index (χ0n) is 16.2. The molecule has 1 atom stereocenters. The van der Waals surface area contributed by atoms with Gasteiger partial charge in [0.2, 0.25) is 11.8 Å². The number of ether oxygens (including phenoxy) is 3. The third-order valence-electron chi connectivity index (χ3n) is 4.49. The molecule has 8 nitrogen and oxygen atoms in total. The van der Waals surface area contributed by atoms with Crippen LogP contribution in [0.2, 0.25) is 0 Å². The predicted octanol–water partition coefficient (Wildman–Crippen LogP) is 0.199. The van der Waals surface area contributed by atoms with Crippen molar-refractivity contribution in [2.75, 3.05) is 54.1 Å². The van der Waals surface area contributed by atoms with Gasteiger partial charge in [0.05, 0.1) is 14.2 Å². The third kappa shape index (κ3) is 6.41. The minimum Gasteiger partial charge on any atom is -0.493 e. The van der Waals surface area contributed by atoms with Gasteiger partial charge in [-0.25, -0.2) is 0 Å². The molecule has 0 spiro atoms. The Hall–Kier alpha value is -2.32. The van der Waals surface area contributed by atoms with Gasteiger partial charge in [0.15, 0.2) is 11.5 Å². The molecule has 1 aliphatic heterocycles. The lowest BCUT2D eigenvalue weighted by Gasteiger charge is -2.33. The van der Waals surface area contributed by atoms with Crippen molar-refractivity contribution >= 4 is 11.8 Å². The number of rotatable bonds is 9. The summed E-state index contributed by atoms with van der Waals surface area (Å²) < 4.78 is 15.4. The van der Waals surface area contributed by atoms with Gasteiger partial charge in [0, 0.05) is 45.8 Å². The molecule has 8 heteroatoms. The molecule has 0 radical (unpaired) electrons. The van der Waals surface area contributed by atoms with E-state index in [9.17, 15) is 9.59 Å². The Labute approximate surface area is 160 Å². The number of carbonyl (C=O) groups is 2. The Bertz CT molecular complexity index is 638. The van der Waals surface area contributed by atoms with E-state index in [4.69, 9.17) is 14.2 Å². The lowest BCUT2D eigenvalue weighted by Crippen LogP contribution is -2.54. The number of piperazine rings is 1. The highest BCUT2D eigenvalue weighted by Crippen LogP contribution is 2.27. The summed E-state index contributed by atoms with van der Waals surface area (Å²) in [6.07, 6.45) is 1.03. The highest BCUT2D eigenvalue weighted by molar-refractivity contribution is 5.78. The maximum absolute atomic E-state index is 12.2. The second-order valence-corrected chi connectivity index (χ2v) is 6.42. The fourth-order valence-corrected chi connectivity index (χ4v) is 3.08. The van der Waals surface area contributed by atoms with Crippen LogP contribution in [-0.2, 0) is 20.7 Å². The normalized spacial score (nSPS) is 16.7. The number of hydrogen-bond acceptors (Lipinski definition) is 6. The molecule has 150 valence electrons. The van der Waals surface area contributed by atoms with Gasteiger partial charge < -0.3 is 29.7 Å². The Balaban J connectivity index is 1.75. The largest absolute Gasteiger partial charge is 0.493 e. The van der Waals surface area contributed by atoms with Gasteiger partial charge in [-0.05, 0) is 24.1 Å². The SMILES string of the molecule is COCC(=O)N1CCNC(CC(=O)NCCc2ccc(OC)c(OC)c2)C1. The molecule has 1 heterocycles. The van der Waals surface area contributed by atoms with Crippen LogP contribution < -0.4 is 20.1 Å². The van der Waals surface area contributed by atoms with Crippen LogP contribution in [0.25, 0.3) is 0 Å². The van der Waals surface area contributed by atoms with Crippen molar-refractivity contribution in [3.05, 3.63) is 23.8 Å². The topological polar surface area (TPSA) is 89.1 Å². The summed E-state index contributed by atoms with van der Waals surface area (Å²) in [4.78, 5) is 25.9. The first-order valence-electron chi connectivity index (χ1n) is 9.05. The van der Waals surface area contributed by atoms with Gasteiger partial charge in [0.1, 0.15) is 6.61 Å². The molecule has 27 heavy (non-hydrogen) atoms. The lowest BCUT2D eigenvalue weighted by molar-refractivity contribution is -0.137. The van der Waals surface area contributed by atoms with Gasteiger partial charge in [-0.3, -0.25) is 9.59 Å². The van der Waals surface area contributed by atoms with E-state index in [0.29, 0.717) is 50.5 Å². The van der Waals surface area contributed by atoms with E-state index in [1.54, 1.807) is 19.1 Å². The first kappa shape index (κ1) is 21.0. The number of methoxy groups -OCH3 is 3. The molecule has 2 rings (SSSR count). The van der Waals surface area contributed by atoms with Crippen molar-refractivity contribution in [1.82, 2.24) is 15.5 Å². The Morgan fingerprint density at radius 1 is 1.22 bits per heavy atom. The molecular weight excluding hydrogens is 350 g/mol. The van der Waals surface area contributed by atoms with Gasteiger partial charge in [-0.1, -0.05) is 6.07 Å². The van der Waals surface area contributed by atoms with Crippen LogP contribution in [0.1, 0.15) is 12.0 Å². The summed E-state index contributed by atoms with van der Waals surface area (Å²) in [6, 6.07) is 5.68. The summed E-state index contributed by atoms with van der Waals surface area (Å²) in [6.45, 7) is 2.45. The monoisotopic (exact) mass is 379 g/mol. The van der Waals surface area contributed by atoms with Crippen LogP contribution in [-0.4, -0.2) is 76.9 Å². The quantitative estimate of drug-likeness (QED) is 0.637. The fraction of sp³-hybridized carbons (Fsp3) is 0.579. The summed E-state index contributed by atoms with van der Waals surface area (Å²) in [5.41, 5.74) is 1.06. The molecule has 1 aromatic rings. The first-order valence-corrected chi connectivity index (χ1v) is 9.05. The van der Waals surface area contributed by atoms with Gasteiger partial charge in [0.25, 0.3) is 0 Å². The van der Waals surface area contributed by atoms with Crippen molar-refractivity contribution in [2.24, 2.45) is 0 Å². The minimum absolute atomic E-state index is 0.0333. The number of nitrogens with zero attached hydrogens (tertiary/aromatic N) is 1. The van der Waals surface area contributed by atoms with Crippen LogP contribution in [0.15, 0.2) is 18.2 Å². The van der Waals surface area contributed by atoms with Crippen LogP contribution in [0.5, 0.6) is 11.5 Å². The summed E-state index contributed by atoms with van der Waals surface area (Å²) in [7, 11) is 4.70. The predicted molar refractivity (Wildman–Crippen MR) is 101 cm³/mol. The molecule has 1 unspecified atom stereocenters. The van der Waals surface area contributed by atoms with E-state index in [2.05, 4.69) is 10.6 Å². The minimum atomic E-state index is -0.0436. The van der Waals surface area contributed by atoms with E-state index in [0.717, 1.165) is 5.56 Å². The van der Waals surface area contributed by atoms with Crippen LogP contribution in [0.4, 0.5) is 0 Å². The molecule has 2 N–H and O–H groups in total. The molecule has 0 aromatic heterocycles. The van der Waals surface area contributed by atoms with Crippen molar-refractivity contribution in [3.63, 3.8) is 0 Å². The third-order valence-corrected chi connectivity index (χ3v) is 4.49. The Morgan fingerprint density at radius 3 is 2.70 bits per heavy atom. The zero-order valence-corrected chi connectivity index (χ0v) is 16.2. The number of benzene rings is 1. The van der Waals surface area contributed by atoms with Crippen LogP contribution in [0, 0.1) is 0 Å². The average Bonchev–Trinajstić information content (AvgIpc) is 2.68. The van der Waals surface area contributed by atoms with Gasteiger partial charge in [-0.2, -0.15) is 0 Å². The van der Waals surface area contributed by atoms with E-state index in [1.807, 2.05) is 18.2 Å². The van der Waals surface area contributed by atoms with Crippen molar-refractivity contribution in [2.45, 2.75) is 18.9 Å². The van der Waals surface area contributed by atoms with Crippen LogP contribution >= 0.6 is 0 Å². The summed E-state index contributed by atoms with van der Waals surface area (Å²) >= 11 is 0. The van der Waals surface area contributed by atoms with E-state index < -0.39 is 0 Å². The van der Waals surface area contributed by atoms with Crippen LogP contribution in [0.3, 0.4) is 0 Å². The van der Waals surface area contributed by atoms with Crippen molar-refractivity contribution in [3.8, 4) is 11.5 Å². The van der Waals surface area contributed by atoms with E-state index >= 15 is 0 Å². The number of hydrogen-bond donors (Lipinski definition) is 2. The smallest absolute Gasteiger partial charge is 0.248 e. The molecule has 1 aromatic carbocycles. The van der Waals surface area contributed by atoms with Crippen molar-refractivity contribution in [1.29, 1.82) is 0 Å². The maximum Gasteiger partial charge on any atom is 0.248 e. The Morgan fingerprint density at radius 2 is 2.00 bits per heavy atom. The zero-order chi connectivity index (χ0) is 19.6. The van der Waals surface area contributed by atoms with E-state index in [1.165, 1.54) is 7.11 Å². The molecule has 0 aliphatic carbocycles. The molecule has 1 fully saturated rings. The van der Waals surface area contributed by atoms with Gasteiger partial charge >= 0.3 is 0 Å². The Kier molecular flexibility index (Phi) is 8.35. The molecule has 0 saturated carbocycles.